The second-order valence-corrected chi connectivity index (χ2v) is 9.05. The molecule has 2 aliphatic heterocycles. The number of hydrogen-bond donors (Lipinski definition) is 1. The Labute approximate surface area is 156 Å². The van der Waals surface area contributed by atoms with E-state index < -0.39 is 7.71 Å². The van der Waals surface area contributed by atoms with Gasteiger partial charge in [-0.05, 0) is 12.1 Å². The summed E-state index contributed by atoms with van der Waals surface area (Å²) in [6.07, 6.45) is 1.57. The van der Waals surface area contributed by atoms with Gasteiger partial charge in [0.15, 0.2) is 0 Å². The normalized spacial score (nSPS) is 17.6. The van der Waals surface area contributed by atoms with Gasteiger partial charge in [-0.25, -0.2) is 0 Å². The summed E-state index contributed by atoms with van der Waals surface area (Å²) in [5.41, 5.74) is 5.18. The van der Waals surface area contributed by atoms with E-state index in [0.717, 1.165) is 22.0 Å². The molecule has 118 valence electrons. The van der Waals surface area contributed by atoms with E-state index in [2.05, 4.69) is 10.5 Å². The van der Waals surface area contributed by atoms with Crippen LogP contribution in [0.5, 0.6) is 5.75 Å². The molecule has 0 amide bonds. The summed E-state index contributed by atoms with van der Waals surface area (Å²) < 4.78 is 1.74. The Kier molecular flexibility index (Phi) is 4.30. The largest absolute Gasteiger partial charge is 0.488 e. The second-order valence-electron chi connectivity index (χ2n) is 4.54. The first kappa shape index (κ1) is 16.6. The average molecular weight is 422 g/mol. The van der Waals surface area contributed by atoms with Crippen LogP contribution in [-0.4, -0.2) is 18.5 Å². The van der Waals surface area contributed by atoms with Gasteiger partial charge >= 0.3 is 3.92 Å². The fourth-order valence-corrected chi connectivity index (χ4v) is 2.42. The van der Waals surface area contributed by atoms with Gasteiger partial charge in [0.25, 0.3) is 0 Å². The van der Waals surface area contributed by atoms with E-state index in [-0.39, 0.29) is 5.70 Å². The number of alkyl halides is 6. The van der Waals surface area contributed by atoms with Crippen molar-refractivity contribution in [3.63, 3.8) is 0 Å². The number of hydrogen-bond acceptors (Lipinski definition) is 4. The van der Waals surface area contributed by atoms with Crippen LogP contribution in [-0.2, 0) is 6.61 Å². The third-order valence-electron chi connectivity index (χ3n) is 3.01. The van der Waals surface area contributed by atoms with Crippen molar-refractivity contribution in [2.24, 2.45) is 5.10 Å². The molecule has 0 saturated carbocycles. The molecule has 0 atom stereocenters. The molecular formula is C12H7Cl6N3O. The summed E-state index contributed by atoms with van der Waals surface area (Å²) in [6.45, 7) is 0.596. The lowest BCUT2D eigenvalue weighted by Crippen LogP contribution is -2.47. The van der Waals surface area contributed by atoms with Crippen LogP contribution >= 0.6 is 69.6 Å². The summed E-state index contributed by atoms with van der Waals surface area (Å²) in [6, 6.07) is 5.63. The van der Waals surface area contributed by atoms with E-state index in [0.29, 0.717) is 12.3 Å². The summed E-state index contributed by atoms with van der Waals surface area (Å²) in [5, 5.41) is 5.21. The summed E-state index contributed by atoms with van der Waals surface area (Å²) >= 11 is 35.3. The van der Waals surface area contributed by atoms with Crippen LogP contribution in [0.25, 0.3) is 0 Å². The minimum Gasteiger partial charge on any atom is -0.488 e. The molecular weight excluding hydrogens is 415 g/mol. The molecule has 1 N–H and O–H groups in total. The summed E-state index contributed by atoms with van der Waals surface area (Å²) in [7, 11) is 0. The molecule has 1 aromatic carbocycles. The van der Waals surface area contributed by atoms with Gasteiger partial charge in [0.1, 0.15) is 12.4 Å². The fourth-order valence-electron chi connectivity index (χ4n) is 1.89. The minimum absolute atomic E-state index is 0.206. The Hall–Kier alpha value is -0.230. The standard InChI is InChI=1S/C12H7Cl6N3O/c13-11(14,15)10-4-8(19-21(20-10)12(16,17)18)6-1-2-7-5-22-9(7)3-6/h1-4,20H,5H2. The maximum atomic E-state index is 5.91. The third kappa shape index (κ3) is 3.32. The quantitative estimate of drug-likeness (QED) is 0.528. The highest BCUT2D eigenvalue weighted by atomic mass is 35.6. The molecule has 0 aromatic heterocycles. The zero-order chi connectivity index (χ0) is 16.1. The van der Waals surface area contributed by atoms with Crippen molar-refractivity contribution < 1.29 is 4.74 Å². The first-order valence-corrected chi connectivity index (χ1v) is 8.18. The fraction of sp³-hybridized carbons (Fsp3) is 0.250. The van der Waals surface area contributed by atoms with Gasteiger partial charge in [0, 0.05) is 11.1 Å². The predicted octanol–water partition coefficient (Wildman–Crippen LogP) is 4.69. The number of nitrogens with zero attached hydrogens (tertiary/aromatic N) is 2. The molecule has 0 bridgehead atoms. The summed E-state index contributed by atoms with van der Waals surface area (Å²) in [5.74, 6) is 0.781. The van der Waals surface area contributed by atoms with Gasteiger partial charge in [-0.2, -0.15) is 10.2 Å². The number of hydrazone groups is 1. The molecule has 2 heterocycles. The van der Waals surface area contributed by atoms with E-state index >= 15 is 0 Å². The Balaban J connectivity index is 2.03. The van der Waals surface area contributed by atoms with Crippen molar-refractivity contribution in [1.82, 2.24) is 10.5 Å². The molecule has 0 spiro atoms. The molecule has 0 fully saturated rings. The van der Waals surface area contributed by atoms with Crippen molar-refractivity contribution in [2.45, 2.75) is 14.3 Å². The van der Waals surface area contributed by atoms with Crippen LogP contribution in [0.15, 0.2) is 35.1 Å². The van der Waals surface area contributed by atoms with E-state index in [9.17, 15) is 0 Å². The van der Waals surface area contributed by atoms with Crippen LogP contribution in [0.4, 0.5) is 0 Å². The first-order chi connectivity index (χ1) is 10.1. The monoisotopic (exact) mass is 419 g/mol. The van der Waals surface area contributed by atoms with Gasteiger partial charge < -0.3 is 4.74 Å². The van der Waals surface area contributed by atoms with Crippen molar-refractivity contribution in [1.29, 1.82) is 0 Å². The number of hydrazine groups is 1. The zero-order valence-electron chi connectivity index (χ0n) is 10.6. The zero-order valence-corrected chi connectivity index (χ0v) is 15.1. The second kappa shape index (κ2) is 5.69. The maximum Gasteiger partial charge on any atom is 0.301 e. The van der Waals surface area contributed by atoms with Gasteiger partial charge in [0.2, 0.25) is 3.79 Å². The molecule has 10 heteroatoms. The van der Waals surface area contributed by atoms with Gasteiger partial charge in [0.05, 0.1) is 11.4 Å². The van der Waals surface area contributed by atoms with Gasteiger partial charge in [-0.1, -0.05) is 81.7 Å². The van der Waals surface area contributed by atoms with Crippen LogP contribution in [0.3, 0.4) is 0 Å². The number of benzene rings is 1. The molecule has 0 radical (unpaired) electrons. The SMILES string of the molecule is ClC(Cl)(Cl)C1=CC(c2ccc3c(c2)OC3)=NN(C(Cl)(Cl)Cl)N1. The number of rotatable bonds is 1. The Morgan fingerprint density at radius 3 is 2.36 bits per heavy atom. The van der Waals surface area contributed by atoms with Crippen molar-refractivity contribution >= 4 is 75.3 Å². The first-order valence-electron chi connectivity index (χ1n) is 5.92. The molecule has 2 aliphatic rings. The number of nitrogens with one attached hydrogen (secondary N) is 1. The molecule has 22 heavy (non-hydrogen) atoms. The minimum atomic E-state index is -1.86. The third-order valence-corrected chi connectivity index (χ3v) is 4.10. The van der Waals surface area contributed by atoms with E-state index in [1.165, 1.54) is 0 Å². The van der Waals surface area contributed by atoms with Crippen LogP contribution in [0.1, 0.15) is 11.1 Å². The number of allylic oxidation sites excluding steroid dienone is 2. The lowest BCUT2D eigenvalue weighted by Gasteiger charge is -2.34. The van der Waals surface area contributed by atoms with E-state index in [1.807, 2.05) is 18.2 Å². The smallest absolute Gasteiger partial charge is 0.301 e. The van der Waals surface area contributed by atoms with Gasteiger partial charge in [-0.3, -0.25) is 5.43 Å². The van der Waals surface area contributed by atoms with Crippen LogP contribution in [0.2, 0.25) is 0 Å². The average Bonchev–Trinajstić information content (AvgIpc) is 2.38. The maximum absolute atomic E-state index is 5.91. The number of fused-ring (bicyclic) bond motifs is 1. The van der Waals surface area contributed by atoms with Crippen molar-refractivity contribution in [3.05, 3.63) is 41.1 Å². The summed E-state index contributed by atoms with van der Waals surface area (Å²) in [4.78, 5) is 0. The lowest BCUT2D eigenvalue weighted by molar-refractivity contribution is 0.216. The highest BCUT2D eigenvalue weighted by molar-refractivity contribution is 6.69. The molecule has 4 nitrogen and oxygen atoms in total. The van der Waals surface area contributed by atoms with Crippen LogP contribution < -0.4 is 10.2 Å². The Bertz CT molecular complexity index is 676. The van der Waals surface area contributed by atoms with Crippen molar-refractivity contribution in [3.8, 4) is 5.75 Å². The van der Waals surface area contributed by atoms with E-state index in [1.54, 1.807) is 6.08 Å². The predicted molar refractivity (Wildman–Crippen MR) is 90.9 cm³/mol. The molecule has 1 aromatic rings. The number of halogens is 6. The van der Waals surface area contributed by atoms with E-state index in [4.69, 9.17) is 74.3 Å². The number of ether oxygens (including phenoxy) is 1. The van der Waals surface area contributed by atoms with Crippen molar-refractivity contribution in [2.75, 3.05) is 0 Å². The Morgan fingerprint density at radius 2 is 1.86 bits per heavy atom. The molecule has 3 rings (SSSR count). The van der Waals surface area contributed by atoms with Gasteiger partial charge in [-0.15, -0.1) is 0 Å². The highest BCUT2D eigenvalue weighted by Crippen LogP contribution is 2.39. The lowest BCUT2D eigenvalue weighted by atomic mass is 10.0. The highest BCUT2D eigenvalue weighted by Gasteiger charge is 2.37. The Morgan fingerprint density at radius 1 is 1.14 bits per heavy atom. The molecule has 0 saturated heterocycles. The van der Waals surface area contributed by atoms with Crippen LogP contribution in [0, 0.1) is 0 Å². The molecule has 0 unspecified atom stereocenters. The molecule has 0 aliphatic carbocycles. The topological polar surface area (TPSA) is 36.9 Å².